The minimum atomic E-state index is -0.329. The fourth-order valence-corrected chi connectivity index (χ4v) is 8.96. The van der Waals surface area contributed by atoms with Gasteiger partial charge in [0.25, 0.3) is 0 Å². The van der Waals surface area contributed by atoms with Crippen LogP contribution in [0.25, 0.3) is 105 Å². The molecule has 0 N–H and O–H groups in total. The molecule has 0 unspecified atom stereocenters. The summed E-state index contributed by atoms with van der Waals surface area (Å²) in [6, 6.07) is 54.5. The van der Waals surface area contributed by atoms with E-state index in [4.69, 9.17) is 4.98 Å². The Bertz CT molecular complexity index is 3580. The smallest absolute Gasteiger partial charge is 0.168 e. The van der Waals surface area contributed by atoms with Gasteiger partial charge in [0.2, 0.25) is 0 Å². The van der Waals surface area contributed by atoms with Gasteiger partial charge in [0, 0.05) is 73.8 Å². The van der Waals surface area contributed by atoms with Gasteiger partial charge < -0.3 is 4.57 Å². The molecular weight excluding hydrogens is 761 g/mol. The number of rotatable bonds is 6. The van der Waals surface area contributed by atoms with Crippen LogP contribution in [-0.2, 0) is 0 Å². The molecule has 288 valence electrons. The van der Waals surface area contributed by atoms with Crippen LogP contribution in [0.1, 0.15) is 0 Å². The summed E-state index contributed by atoms with van der Waals surface area (Å²) in [5.41, 5.74) is 9.13. The van der Waals surface area contributed by atoms with E-state index in [0.29, 0.717) is 5.82 Å². The van der Waals surface area contributed by atoms with Crippen molar-refractivity contribution in [2.45, 2.75) is 0 Å². The van der Waals surface area contributed by atoms with Gasteiger partial charge in [-0.05, 0) is 102 Å². The van der Waals surface area contributed by atoms with E-state index in [1.807, 2.05) is 109 Å². The summed E-state index contributed by atoms with van der Waals surface area (Å²) >= 11 is 0. The molecule has 0 aliphatic heterocycles. The van der Waals surface area contributed by atoms with Crippen LogP contribution in [0.15, 0.2) is 188 Å². The van der Waals surface area contributed by atoms with Crippen molar-refractivity contribution in [2.75, 3.05) is 0 Å². The Morgan fingerprint density at radius 3 is 1.43 bits per heavy atom. The molecule has 7 nitrogen and oxygen atoms in total. The van der Waals surface area contributed by atoms with Gasteiger partial charge in [0.05, 0.1) is 22.1 Å². The number of nitrogens with zero attached hydrogens (tertiary/aromatic N) is 7. The fourth-order valence-electron chi connectivity index (χ4n) is 8.96. The normalized spacial score (nSPS) is 11.8. The summed E-state index contributed by atoms with van der Waals surface area (Å²) < 4.78 is 36.8. The van der Waals surface area contributed by atoms with Crippen molar-refractivity contribution in [3.63, 3.8) is 0 Å². The molecule has 0 radical (unpaired) electrons. The predicted octanol–water partition coefficient (Wildman–Crippen LogP) is 12.7. The molecule has 0 atom stereocenters. The van der Waals surface area contributed by atoms with Gasteiger partial charge in [-0.2, -0.15) is 0 Å². The largest absolute Gasteiger partial charge is 0.309 e. The average Bonchev–Trinajstić information content (AvgIpc) is 4.00. The molecule has 5 heterocycles. The van der Waals surface area contributed by atoms with Gasteiger partial charge in [-0.3, -0.25) is 14.1 Å². The molecule has 12 aromatic rings. The number of aromatic nitrogens is 7. The highest BCUT2D eigenvalue weighted by Gasteiger charge is 2.22. The molecule has 0 bridgehead atoms. The van der Waals surface area contributed by atoms with Crippen molar-refractivity contribution < 1.29 is 8.78 Å². The van der Waals surface area contributed by atoms with Crippen molar-refractivity contribution in [1.82, 2.24) is 33.9 Å². The van der Waals surface area contributed by atoms with Crippen LogP contribution in [0.5, 0.6) is 0 Å². The summed E-state index contributed by atoms with van der Waals surface area (Å²) in [7, 11) is 0. The maximum atomic E-state index is 15.3. The summed E-state index contributed by atoms with van der Waals surface area (Å²) in [5, 5.41) is 14.5. The van der Waals surface area contributed by atoms with E-state index < -0.39 is 0 Å². The molecule has 0 fully saturated rings. The molecule has 61 heavy (non-hydrogen) atoms. The van der Waals surface area contributed by atoms with Crippen LogP contribution in [0, 0.1) is 11.6 Å². The van der Waals surface area contributed by atoms with Gasteiger partial charge in [-0.15, -0.1) is 10.2 Å². The number of benzene rings is 7. The minimum Gasteiger partial charge on any atom is -0.309 e. The lowest BCUT2D eigenvalue weighted by molar-refractivity contribution is 0.629. The molecule has 0 aliphatic carbocycles. The Morgan fingerprint density at radius 2 is 0.885 bits per heavy atom. The molecule has 7 aromatic carbocycles. The molecule has 0 spiro atoms. The van der Waals surface area contributed by atoms with Crippen molar-refractivity contribution in [3.8, 4) is 51.1 Å². The second-order valence-corrected chi connectivity index (χ2v) is 15.1. The highest BCUT2D eigenvalue weighted by molar-refractivity contribution is 6.29. The Hall–Kier alpha value is -8.30. The van der Waals surface area contributed by atoms with E-state index in [1.165, 1.54) is 12.1 Å². The highest BCUT2D eigenvalue weighted by atomic mass is 19.1. The summed E-state index contributed by atoms with van der Waals surface area (Å²) in [4.78, 5) is 9.15. The second kappa shape index (κ2) is 13.6. The molecule has 9 heteroatoms. The van der Waals surface area contributed by atoms with E-state index in [2.05, 4.69) is 77.4 Å². The van der Waals surface area contributed by atoms with Gasteiger partial charge in [-0.1, -0.05) is 78.9 Å². The van der Waals surface area contributed by atoms with E-state index in [9.17, 15) is 0 Å². The van der Waals surface area contributed by atoms with E-state index in [-0.39, 0.29) is 11.6 Å². The van der Waals surface area contributed by atoms with Crippen LogP contribution >= 0.6 is 0 Å². The maximum absolute atomic E-state index is 15.3. The number of fused-ring (bicyclic) bond motifs is 9. The lowest BCUT2D eigenvalue weighted by atomic mass is 9.99. The Labute approximate surface area is 347 Å². The molecule has 0 saturated carbocycles. The van der Waals surface area contributed by atoms with Crippen LogP contribution in [0.2, 0.25) is 0 Å². The third-order valence-electron chi connectivity index (χ3n) is 11.6. The van der Waals surface area contributed by atoms with Gasteiger partial charge in [-0.25, -0.2) is 13.8 Å². The number of pyridine rings is 2. The Morgan fingerprint density at radius 1 is 0.377 bits per heavy atom. The summed E-state index contributed by atoms with van der Waals surface area (Å²) in [5.74, 6) is 1.52. The Balaban J connectivity index is 1.05. The van der Waals surface area contributed by atoms with Crippen molar-refractivity contribution in [3.05, 3.63) is 200 Å². The zero-order valence-corrected chi connectivity index (χ0v) is 32.3. The third kappa shape index (κ3) is 5.48. The molecule has 12 rings (SSSR count). The quantitative estimate of drug-likeness (QED) is 0.168. The van der Waals surface area contributed by atoms with Crippen LogP contribution < -0.4 is 0 Å². The first kappa shape index (κ1) is 34.7. The molecular formula is C52H31F2N7. The lowest BCUT2D eigenvalue weighted by Crippen LogP contribution is -2.01. The number of hydrogen-bond donors (Lipinski definition) is 0. The Kier molecular flexibility index (Phi) is 7.76. The zero-order chi connectivity index (χ0) is 40.6. The molecule has 0 saturated heterocycles. The summed E-state index contributed by atoms with van der Waals surface area (Å²) in [6.45, 7) is 0. The van der Waals surface area contributed by atoms with Crippen molar-refractivity contribution >= 4 is 54.4 Å². The SMILES string of the molecule is Fc1ccc2c(c1)c1c3ccc4c(c3ccc1n2-c1ccc(-n2c(-c3ccccc3)nnc2-c2ccccc2)cc1)c1cc(F)ccc1n4-c1ccc(-c2cccnc2)cn1. The van der Waals surface area contributed by atoms with E-state index >= 15 is 8.78 Å². The van der Waals surface area contributed by atoms with Gasteiger partial charge in [0.15, 0.2) is 11.6 Å². The van der Waals surface area contributed by atoms with Crippen molar-refractivity contribution in [2.24, 2.45) is 0 Å². The first-order valence-corrected chi connectivity index (χ1v) is 19.9. The van der Waals surface area contributed by atoms with Crippen molar-refractivity contribution in [1.29, 1.82) is 0 Å². The predicted molar refractivity (Wildman–Crippen MR) is 239 cm³/mol. The highest BCUT2D eigenvalue weighted by Crippen LogP contribution is 2.43. The topological polar surface area (TPSA) is 66.3 Å². The number of halogens is 2. The van der Waals surface area contributed by atoms with Gasteiger partial charge in [0.1, 0.15) is 17.5 Å². The molecule has 0 aliphatic rings. The van der Waals surface area contributed by atoms with Gasteiger partial charge >= 0.3 is 0 Å². The first-order valence-electron chi connectivity index (χ1n) is 19.9. The lowest BCUT2D eigenvalue weighted by Gasteiger charge is -2.13. The zero-order valence-electron chi connectivity index (χ0n) is 32.3. The molecule has 0 amide bonds. The third-order valence-corrected chi connectivity index (χ3v) is 11.6. The average molecular weight is 792 g/mol. The molecule has 5 aromatic heterocycles. The van der Waals surface area contributed by atoms with E-state index in [1.54, 1.807) is 18.3 Å². The maximum Gasteiger partial charge on any atom is 0.168 e. The minimum absolute atomic E-state index is 0.325. The monoisotopic (exact) mass is 791 g/mol. The van der Waals surface area contributed by atoms with Crippen LogP contribution in [-0.4, -0.2) is 33.9 Å². The van der Waals surface area contributed by atoms with Crippen LogP contribution in [0.4, 0.5) is 8.78 Å². The number of hydrogen-bond acceptors (Lipinski definition) is 4. The second-order valence-electron chi connectivity index (χ2n) is 15.1. The van der Waals surface area contributed by atoms with Crippen LogP contribution in [0.3, 0.4) is 0 Å². The van der Waals surface area contributed by atoms with E-state index in [0.717, 1.165) is 99.7 Å². The fraction of sp³-hybridized carbons (Fsp3) is 0. The summed E-state index contributed by atoms with van der Waals surface area (Å²) in [6.07, 6.45) is 5.40. The standard InChI is InChI=1S/C52H31F2N7/c53-36-14-22-44-42(28-36)49-40-21-25-47-50(43-29-37(54)15-23-45(43)61(47)48-26-13-35(31-56-48)34-12-7-27-55-30-34)41(40)20-24-46(49)59(44)38-16-18-39(19-17-38)60-51(32-8-3-1-4-9-32)57-58-52(60)33-10-5-2-6-11-33/h1-31H. The first-order chi connectivity index (χ1) is 30.1.